The van der Waals surface area contributed by atoms with Crippen LogP contribution in [0.4, 0.5) is 11.4 Å². The predicted molar refractivity (Wildman–Crippen MR) is 101 cm³/mol. The van der Waals surface area contributed by atoms with Crippen molar-refractivity contribution in [2.24, 2.45) is 5.92 Å². The summed E-state index contributed by atoms with van der Waals surface area (Å²) in [5, 5.41) is 3.00. The number of piperidine rings is 2. The molecule has 0 radical (unpaired) electrons. The summed E-state index contributed by atoms with van der Waals surface area (Å²) >= 11 is 0. The van der Waals surface area contributed by atoms with Crippen LogP contribution in [0.1, 0.15) is 32.1 Å². The Morgan fingerprint density at radius 2 is 1.85 bits per heavy atom. The zero-order valence-corrected chi connectivity index (χ0v) is 14.9. The third-order valence-electron chi connectivity index (χ3n) is 5.13. The molecule has 0 aliphatic carbocycles. The summed E-state index contributed by atoms with van der Waals surface area (Å²) in [6.45, 7) is 5.32. The van der Waals surface area contributed by atoms with Gasteiger partial charge in [-0.05, 0) is 43.9 Å². The fourth-order valence-corrected chi connectivity index (χ4v) is 3.60. The number of hydrogen-bond acceptors (Lipinski definition) is 3. The van der Waals surface area contributed by atoms with Crippen LogP contribution in [0.5, 0.6) is 0 Å². The smallest absolute Gasteiger partial charge is 0.245 e. The van der Waals surface area contributed by atoms with Crippen LogP contribution < -0.4 is 10.2 Å². The van der Waals surface area contributed by atoms with Gasteiger partial charge in [0.25, 0.3) is 0 Å². The fourth-order valence-electron chi connectivity index (χ4n) is 3.60. The van der Waals surface area contributed by atoms with Crippen LogP contribution in [-0.4, -0.2) is 42.3 Å². The molecule has 1 aromatic carbocycles. The van der Waals surface area contributed by atoms with Crippen LogP contribution in [0.15, 0.2) is 36.9 Å². The summed E-state index contributed by atoms with van der Waals surface area (Å²) in [5.74, 6) is -0.159. The Morgan fingerprint density at radius 1 is 1.12 bits per heavy atom. The zero-order chi connectivity index (χ0) is 18.5. The fraction of sp³-hybridized carbons (Fsp3) is 0.450. The Morgan fingerprint density at radius 3 is 2.54 bits per heavy atom. The second kappa shape index (κ2) is 8.17. The molecule has 0 unspecified atom stereocenters. The minimum absolute atomic E-state index is 0.0485. The molecule has 0 atom stereocenters. The van der Waals surface area contributed by atoms with Crippen molar-refractivity contribution in [2.45, 2.75) is 32.1 Å². The molecule has 2 fully saturated rings. The third-order valence-corrected chi connectivity index (χ3v) is 5.13. The van der Waals surface area contributed by atoms with Gasteiger partial charge in [-0.15, -0.1) is 0 Å². The lowest BCUT2D eigenvalue weighted by molar-refractivity contribution is -0.130. The molecular weight excluding hydrogens is 330 g/mol. The lowest BCUT2D eigenvalue weighted by Crippen LogP contribution is -2.41. The molecule has 2 aliphatic rings. The number of nitrogens with zero attached hydrogens (tertiary/aromatic N) is 2. The van der Waals surface area contributed by atoms with Gasteiger partial charge >= 0.3 is 0 Å². The van der Waals surface area contributed by atoms with Gasteiger partial charge in [0, 0.05) is 32.0 Å². The molecule has 6 nitrogen and oxygen atoms in total. The topological polar surface area (TPSA) is 69.7 Å². The summed E-state index contributed by atoms with van der Waals surface area (Å²) < 4.78 is 0. The molecule has 2 heterocycles. The summed E-state index contributed by atoms with van der Waals surface area (Å²) in [6.07, 6.45) is 5.03. The van der Waals surface area contributed by atoms with Gasteiger partial charge in [0.1, 0.15) is 0 Å². The third kappa shape index (κ3) is 3.95. The van der Waals surface area contributed by atoms with Gasteiger partial charge in [0.2, 0.25) is 17.7 Å². The number of anilines is 2. The number of likely N-dealkylation sites (tertiary alicyclic amines) is 1. The molecule has 0 saturated carbocycles. The van der Waals surface area contributed by atoms with E-state index in [1.807, 2.05) is 24.3 Å². The molecular formula is C20H25N3O3. The number of carbonyl (C=O) groups excluding carboxylic acids is 3. The van der Waals surface area contributed by atoms with Gasteiger partial charge in [-0.3, -0.25) is 14.4 Å². The van der Waals surface area contributed by atoms with Crippen LogP contribution in [0, 0.1) is 5.92 Å². The van der Waals surface area contributed by atoms with E-state index in [-0.39, 0.29) is 23.6 Å². The number of amides is 3. The van der Waals surface area contributed by atoms with Gasteiger partial charge < -0.3 is 15.1 Å². The first-order valence-corrected chi connectivity index (χ1v) is 9.21. The van der Waals surface area contributed by atoms with E-state index in [4.69, 9.17) is 0 Å². The van der Waals surface area contributed by atoms with E-state index in [0.29, 0.717) is 44.6 Å². The highest BCUT2D eigenvalue weighted by Crippen LogP contribution is 2.30. The van der Waals surface area contributed by atoms with Gasteiger partial charge in [-0.25, -0.2) is 0 Å². The van der Waals surface area contributed by atoms with Crippen LogP contribution >= 0.6 is 0 Å². The Hall–Kier alpha value is -2.63. The lowest BCUT2D eigenvalue weighted by Gasteiger charge is -2.31. The number of nitrogens with one attached hydrogen (secondary N) is 1. The highest BCUT2D eigenvalue weighted by molar-refractivity contribution is 6.02. The van der Waals surface area contributed by atoms with E-state index in [0.717, 1.165) is 18.5 Å². The van der Waals surface area contributed by atoms with Gasteiger partial charge in [-0.2, -0.15) is 0 Å². The maximum atomic E-state index is 12.7. The van der Waals surface area contributed by atoms with Gasteiger partial charge in [0.15, 0.2) is 0 Å². The van der Waals surface area contributed by atoms with Crippen molar-refractivity contribution in [2.75, 3.05) is 29.9 Å². The SMILES string of the molecule is C=CC(=O)N1CCC(C(=O)Nc2ccccc2N2CCCCC2=O)CC1. The molecule has 0 spiro atoms. The summed E-state index contributed by atoms with van der Waals surface area (Å²) in [4.78, 5) is 40.1. The largest absolute Gasteiger partial charge is 0.339 e. The van der Waals surface area contributed by atoms with Crippen molar-refractivity contribution in [1.29, 1.82) is 0 Å². The molecule has 3 rings (SSSR count). The molecule has 6 heteroatoms. The molecule has 1 N–H and O–H groups in total. The Balaban J connectivity index is 1.66. The van der Waals surface area contributed by atoms with Crippen molar-refractivity contribution in [3.63, 3.8) is 0 Å². The molecule has 3 amide bonds. The Labute approximate surface area is 153 Å². The number of rotatable bonds is 4. The van der Waals surface area contributed by atoms with Crippen LogP contribution in [0.25, 0.3) is 0 Å². The number of carbonyl (C=O) groups is 3. The van der Waals surface area contributed by atoms with Crippen LogP contribution in [-0.2, 0) is 14.4 Å². The van der Waals surface area contributed by atoms with E-state index in [2.05, 4.69) is 11.9 Å². The summed E-state index contributed by atoms with van der Waals surface area (Å²) in [7, 11) is 0. The number of hydrogen-bond donors (Lipinski definition) is 1. The number of para-hydroxylation sites is 2. The van der Waals surface area contributed by atoms with Crippen molar-refractivity contribution in [1.82, 2.24) is 4.90 Å². The standard InChI is InChI=1S/C20H25N3O3/c1-2-18(24)22-13-10-15(11-14-22)20(26)21-16-7-3-4-8-17(16)23-12-6-5-9-19(23)25/h2-4,7-8,15H,1,5-6,9-14H2,(H,21,26). The van der Waals surface area contributed by atoms with Crippen LogP contribution in [0.3, 0.4) is 0 Å². The first kappa shape index (κ1) is 18.2. The molecule has 1 aromatic rings. The number of benzene rings is 1. The van der Waals surface area contributed by atoms with Gasteiger partial charge in [0.05, 0.1) is 11.4 Å². The normalized spacial score (nSPS) is 18.5. The first-order valence-electron chi connectivity index (χ1n) is 9.21. The van der Waals surface area contributed by atoms with Gasteiger partial charge in [-0.1, -0.05) is 18.7 Å². The van der Waals surface area contributed by atoms with Crippen LogP contribution in [0.2, 0.25) is 0 Å². The average Bonchev–Trinajstić information content (AvgIpc) is 2.68. The molecule has 2 saturated heterocycles. The predicted octanol–water partition coefficient (Wildman–Crippen LogP) is 2.57. The van der Waals surface area contributed by atoms with E-state index in [1.165, 1.54) is 6.08 Å². The Bertz CT molecular complexity index is 708. The molecule has 26 heavy (non-hydrogen) atoms. The highest BCUT2D eigenvalue weighted by Gasteiger charge is 2.28. The summed E-state index contributed by atoms with van der Waals surface area (Å²) in [6, 6.07) is 7.46. The molecule has 0 bridgehead atoms. The maximum absolute atomic E-state index is 12.7. The zero-order valence-electron chi connectivity index (χ0n) is 14.9. The second-order valence-electron chi connectivity index (χ2n) is 6.81. The second-order valence-corrected chi connectivity index (χ2v) is 6.81. The van der Waals surface area contributed by atoms with Crippen molar-refractivity contribution >= 4 is 29.1 Å². The lowest BCUT2D eigenvalue weighted by atomic mass is 9.95. The van der Waals surface area contributed by atoms with Crippen molar-refractivity contribution in [3.05, 3.63) is 36.9 Å². The molecule has 0 aromatic heterocycles. The minimum atomic E-state index is -0.131. The maximum Gasteiger partial charge on any atom is 0.245 e. The monoisotopic (exact) mass is 355 g/mol. The Kier molecular flexibility index (Phi) is 5.71. The van der Waals surface area contributed by atoms with E-state index >= 15 is 0 Å². The van der Waals surface area contributed by atoms with E-state index in [1.54, 1.807) is 9.80 Å². The van der Waals surface area contributed by atoms with E-state index in [9.17, 15) is 14.4 Å². The molecule has 138 valence electrons. The first-order chi connectivity index (χ1) is 12.6. The minimum Gasteiger partial charge on any atom is -0.339 e. The summed E-state index contributed by atoms with van der Waals surface area (Å²) in [5.41, 5.74) is 1.45. The average molecular weight is 355 g/mol. The quantitative estimate of drug-likeness (QED) is 0.844. The molecule has 2 aliphatic heterocycles. The van der Waals surface area contributed by atoms with E-state index < -0.39 is 0 Å². The highest BCUT2D eigenvalue weighted by atomic mass is 16.2. The van der Waals surface area contributed by atoms with Crippen molar-refractivity contribution in [3.8, 4) is 0 Å². The van der Waals surface area contributed by atoms with Crippen molar-refractivity contribution < 1.29 is 14.4 Å².